The molecule has 0 bridgehead atoms. The fourth-order valence-corrected chi connectivity index (χ4v) is 3.47. The van der Waals surface area contributed by atoms with E-state index in [0.29, 0.717) is 0 Å². The van der Waals surface area contributed by atoms with Crippen LogP contribution in [-0.4, -0.2) is 5.91 Å². The molecule has 0 spiro atoms. The van der Waals surface area contributed by atoms with Crippen molar-refractivity contribution >= 4 is 17.3 Å². The van der Waals surface area contributed by atoms with Crippen LogP contribution < -0.4 is 10.6 Å². The van der Waals surface area contributed by atoms with Crippen LogP contribution in [0.15, 0.2) is 42.5 Å². The molecule has 0 heterocycles. The number of fused-ring (bicyclic) bond motifs is 1. The van der Waals surface area contributed by atoms with Gasteiger partial charge < -0.3 is 10.6 Å². The lowest BCUT2D eigenvalue weighted by Gasteiger charge is -2.17. The molecule has 0 aromatic heterocycles. The Morgan fingerprint density at radius 3 is 2.67 bits per heavy atom. The number of aryl methyl sites for hydroxylation is 2. The topological polar surface area (TPSA) is 41.1 Å². The normalized spacial score (nSPS) is 17.2. The van der Waals surface area contributed by atoms with Crippen LogP contribution in [0.5, 0.6) is 0 Å². The van der Waals surface area contributed by atoms with Crippen molar-refractivity contribution in [3.05, 3.63) is 59.2 Å². The summed E-state index contributed by atoms with van der Waals surface area (Å²) in [7, 11) is 0. The van der Waals surface area contributed by atoms with E-state index in [2.05, 4.69) is 41.8 Å². The highest BCUT2D eigenvalue weighted by atomic mass is 16.2. The Bertz CT molecular complexity index is 764. The van der Waals surface area contributed by atoms with Crippen molar-refractivity contribution in [1.82, 2.24) is 0 Å². The van der Waals surface area contributed by atoms with Crippen molar-refractivity contribution in [2.45, 2.75) is 45.1 Å². The molecule has 2 aliphatic carbocycles. The number of benzene rings is 2. The Morgan fingerprint density at radius 1 is 1.04 bits per heavy atom. The van der Waals surface area contributed by atoms with Gasteiger partial charge in [0.15, 0.2) is 0 Å². The van der Waals surface area contributed by atoms with Gasteiger partial charge in [0.2, 0.25) is 5.91 Å². The van der Waals surface area contributed by atoms with Crippen LogP contribution in [0.3, 0.4) is 0 Å². The van der Waals surface area contributed by atoms with E-state index in [1.165, 1.54) is 36.0 Å². The molecule has 1 saturated carbocycles. The van der Waals surface area contributed by atoms with Crippen molar-refractivity contribution in [2.75, 3.05) is 10.6 Å². The van der Waals surface area contributed by atoms with Gasteiger partial charge in [-0.3, -0.25) is 4.79 Å². The lowest BCUT2D eigenvalue weighted by atomic mass is 10.0. The zero-order valence-corrected chi connectivity index (χ0v) is 14.1. The van der Waals surface area contributed by atoms with Gasteiger partial charge in [-0.2, -0.15) is 0 Å². The summed E-state index contributed by atoms with van der Waals surface area (Å²) in [5.41, 5.74) is 6.25. The number of hydrogen-bond donors (Lipinski definition) is 2. The summed E-state index contributed by atoms with van der Waals surface area (Å²) < 4.78 is 0. The third-order valence-corrected chi connectivity index (χ3v) is 5.08. The second-order valence-electron chi connectivity index (χ2n) is 7.09. The first-order valence-corrected chi connectivity index (χ1v) is 8.98. The molecule has 2 aromatic carbocycles. The number of nitrogens with one attached hydrogen (secondary N) is 2. The van der Waals surface area contributed by atoms with Crippen molar-refractivity contribution in [3.63, 3.8) is 0 Å². The smallest absolute Gasteiger partial charge is 0.227 e. The molecule has 0 radical (unpaired) electrons. The Hall–Kier alpha value is -2.29. The molecular formula is C21H24N2O. The van der Waals surface area contributed by atoms with Crippen LogP contribution in [0, 0.1) is 5.92 Å². The minimum absolute atomic E-state index is 0.152. The predicted molar refractivity (Wildman–Crippen MR) is 98.3 cm³/mol. The van der Waals surface area contributed by atoms with Gasteiger partial charge in [-0.1, -0.05) is 24.3 Å². The van der Waals surface area contributed by atoms with Crippen LogP contribution in [0.2, 0.25) is 0 Å². The van der Waals surface area contributed by atoms with E-state index >= 15 is 0 Å². The van der Waals surface area contributed by atoms with E-state index < -0.39 is 0 Å². The molecule has 3 nitrogen and oxygen atoms in total. The zero-order valence-electron chi connectivity index (χ0n) is 14.1. The number of carbonyl (C=O) groups excluding carboxylic acids is 1. The number of carbonyl (C=O) groups is 1. The van der Waals surface area contributed by atoms with E-state index in [4.69, 9.17) is 0 Å². The van der Waals surface area contributed by atoms with Crippen LogP contribution in [0.25, 0.3) is 0 Å². The van der Waals surface area contributed by atoms with E-state index in [1.807, 2.05) is 18.2 Å². The Morgan fingerprint density at radius 2 is 1.83 bits per heavy atom. The fraction of sp³-hybridized carbons (Fsp3) is 0.381. The van der Waals surface area contributed by atoms with Gasteiger partial charge in [-0.05, 0) is 73.9 Å². The van der Waals surface area contributed by atoms with Gasteiger partial charge in [0, 0.05) is 23.3 Å². The molecule has 4 rings (SSSR count). The number of anilines is 2. The molecule has 1 unspecified atom stereocenters. The summed E-state index contributed by atoms with van der Waals surface area (Å²) in [4.78, 5) is 11.9. The van der Waals surface area contributed by atoms with E-state index in [9.17, 15) is 4.79 Å². The highest BCUT2D eigenvalue weighted by Crippen LogP contribution is 2.31. The first kappa shape index (κ1) is 15.3. The van der Waals surface area contributed by atoms with Gasteiger partial charge in [0.05, 0.1) is 0 Å². The highest BCUT2D eigenvalue weighted by Gasteiger charge is 2.29. The maximum atomic E-state index is 11.9. The molecular weight excluding hydrogens is 296 g/mol. The summed E-state index contributed by atoms with van der Waals surface area (Å²) in [5.74, 6) is 0.380. The lowest BCUT2D eigenvalue weighted by molar-refractivity contribution is -0.117. The molecule has 1 atom stereocenters. The first-order chi connectivity index (χ1) is 11.7. The molecule has 24 heavy (non-hydrogen) atoms. The third kappa shape index (κ3) is 3.30. The average Bonchev–Trinajstić information content (AvgIpc) is 3.33. The maximum absolute atomic E-state index is 11.9. The zero-order chi connectivity index (χ0) is 16.5. The maximum Gasteiger partial charge on any atom is 0.227 e. The van der Waals surface area contributed by atoms with Gasteiger partial charge in [0.1, 0.15) is 0 Å². The molecule has 2 N–H and O–H groups in total. The average molecular weight is 320 g/mol. The summed E-state index contributed by atoms with van der Waals surface area (Å²) in [5, 5.41) is 6.57. The van der Waals surface area contributed by atoms with Gasteiger partial charge in [-0.15, -0.1) is 0 Å². The first-order valence-electron chi connectivity index (χ1n) is 8.98. The van der Waals surface area contributed by atoms with E-state index in [0.717, 1.165) is 24.2 Å². The van der Waals surface area contributed by atoms with Gasteiger partial charge in [0.25, 0.3) is 0 Å². The third-order valence-electron chi connectivity index (χ3n) is 5.08. The summed E-state index contributed by atoms with van der Waals surface area (Å²) in [6.45, 7) is 2.19. The number of hydrogen-bond acceptors (Lipinski definition) is 2. The van der Waals surface area contributed by atoms with Crippen LogP contribution in [-0.2, 0) is 17.6 Å². The molecule has 1 amide bonds. The predicted octanol–water partition coefficient (Wildman–Crippen LogP) is 4.70. The van der Waals surface area contributed by atoms with E-state index in [1.54, 1.807) is 0 Å². The largest absolute Gasteiger partial charge is 0.378 e. The lowest BCUT2D eigenvalue weighted by Crippen LogP contribution is -2.13. The standard InChI is InChI=1S/C21H24N2O/c1-14(17-11-8-15-4-2-5-18(15)12-17)22-19-6-3-7-20(13-19)23-21(24)16-9-10-16/h3,6-8,11-14,16,22H,2,4-5,9-10H2,1H3,(H,23,24). The molecule has 2 aliphatic rings. The molecule has 1 fully saturated rings. The highest BCUT2D eigenvalue weighted by molar-refractivity contribution is 5.94. The second-order valence-corrected chi connectivity index (χ2v) is 7.09. The fourth-order valence-electron chi connectivity index (χ4n) is 3.47. The second kappa shape index (κ2) is 6.31. The molecule has 3 heteroatoms. The Kier molecular flexibility index (Phi) is 4.01. The van der Waals surface area contributed by atoms with Crippen LogP contribution >= 0.6 is 0 Å². The van der Waals surface area contributed by atoms with Crippen LogP contribution in [0.4, 0.5) is 11.4 Å². The SMILES string of the molecule is CC(Nc1cccc(NC(=O)C2CC2)c1)c1ccc2c(c1)CCC2. The summed E-state index contributed by atoms with van der Waals surface area (Å²) in [6.07, 6.45) is 5.76. The minimum atomic E-state index is 0.152. The van der Waals surface area contributed by atoms with Crippen molar-refractivity contribution in [1.29, 1.82) is 0 Å². The van der Waals surface area contributed by atoms with Gasteiger partial charge >= 0.3 is 0 Å². The summed E-state index contributed by atoms with van der Waals surface area (Å²) >= 11 is 0. The summed E-state index contributed by atoms with van der Waals surface area (Å²) in [6, 6.07) is 15.1. The molecule has 2 aromatic rings. The van der Waals surface area contributed by atoms with Gasteiger partial charge in [-0.25, -0.2) is 0 Å². The molecule has 124 valence electrons. The van der Waals surface area contributed by atoms with Crippen molar-refractivity contribution < 1.29 is 4.79 Å². The number of rotatable bonds is 5. The molecule has 0 aliphatic heterocycles. The molecule has 0 saturated heterocycles. The van der Waals surface area contributed by atoms with Crippen molar-refractivity contribution in [2.24, 2.45) is 5.92 Å². The van der Waals surface area contributed by atoms with E-state index in [-0.39, 0.29) is 17.9 Å². The Balaban J connectivity index is 1.45. The van der Waals surface area contributed by atoms with Crippen molar-refractivity contribution in [3.8, 4) is 0 Å². The Labute approximate surface area is 143 Å². The quantitative estimate of drug-likeness (QED) is 0.838. The minimum Gasteiger partial charge on any atom is -0.378 e. The van der Waals surface area contributed by atoms with Crippen LogP contribution in [0.1, 0.15) is 48.9 Å². The number of amides is 1. The monoisotopic (exact) mass is 320 g/mol.